The summed E-state index contributed by atoms with van der Waals surface area (Å²) in [6.07, 6.45) is 0. The van der Waals surface area contributed by atoms with Gasteiger partial charge in [0.2, 0.25) is 0 Å². The Labute approximate surface area is 584 Å². The van der Waals surface area contributed by atoms with E-state index in [0.29, 0.717) is 5.75 Å². The Bertz CT molecular complexity index is 4920. The SMILES string of the molecule is Brc1ccc(Oc2ccccc2)cc1Oc1ccccc1.CC1(C)OB(c2cccc(-c3cccc(-c4cccc(-c5ccccc5)c4)c3)c2)OC1(C)C.c1ccc(Oc2ccc(-c3cccc(-c4cccc(-c5cccc(-c6ccccc6)c5)c4)c3)c(Oc3ccccc3)c2)cc1. The van der Waals surface area contributed by atoms with Gasteiger partial charge in [-0.3, -0.25) is 0 Å². The fourth-order valence-electron chi connectivity index (χ4n) is 11.5. The van der Waals surface area contributed by atoms with E-state index < -0.39 is 0 Å². The Morgan fingerprint density at radius 1 is 0.235 bits per heavy atom. The molecule has 0 amide bonds. The van der Waals surface area contributed by atoms with Crippen LogP contribution in [-0.2, 0) is 9.31 Å². The molecule has 1 fully saturated rings. The predicted octanol–water partition coefficient (Wildman–Crippen LogP) is 25.0. The summed E-state index contributed by atoms with van der Waals surface area (Å²) in [5.74, 6) is 6.03. The quantitative estimate of drug-likeness (QED) is 0.0899. The molecule has 0 saturated carbocycles. The van der Waals surface area contributed by atoms with E-state index in [2.05, 4.69) is 256 Å². The molecule has 0 atom stereocenters. The molecule has 1 heterocycles. The Kier molecular flexibility index (Phi) is 20.5. The second-order valence-electron chi connectivity index (χ2n) is 24.8. The first kappa shape index (κ1) is 65.4. The molecule has 1 aliphatic heterocycles. The zero-order chi connectivity index (χ0) is 67.1. The van der Waals surface area contributed by atoms with Crippen molar-refractivity contribution >= 4 is 28.5 Å². The van der Waals surface area contributed by atoms with Gasteiger partial charge in [0.1, 0.15) is 46.0 Å². The highest BCUT2D eigenvalue weighted by Gasteiger charge is 2.51. The molecule has 0 aliphatic carbocycles. The smallest absolute Gasteiger partial charge is 0.457 e. The molecule has 6 nitrogen and oxygen atoms in total. The fourth-order valence-corrected chi connectivity index (χ4v) is 11.8. The maximum atomic E-state index is 6.43. The van der Waals surface area contributed by atoms with Crippen molar-refractivity contribution in [3.8, 4) is 124 Å². The summed E-state index contributed by atoms with van der Waals surface area (Å²) in [6, 6.07) is 124. The molecule has 0 N–H and O–H groups in total. The Morgan fingerprint density at radius 3 is 0.898 bits per heavy atom. The van der Waals surface area contributed by atoms with Crippen LogP contribution in [0.5, 0.6) is 46.0 Å². The van der Waals surface area contributed by atoms with Crippen molar-refractivity contribution in [1.29, 1.82) is 0 Å². The van der Waals surface area contributed by atoms with E-state index >= 15 is 0 Å². The van der Waals surface area contributed by atoms with Gasteiger partial charge in [-0.05, 0) is 225 Å². The standard InChI is InChI=1S/C42H30O2.C30H29BO2.C18H13BrO2/c1-4-13-31(14-5-1)32-15-10-16-33(27-32)34-17-11-18-35(28-34)36-19-12-20-37(29-36)41-26-25-40(43-38-21-6-2-7-22-38)30-42(41)44-39-23-8-3-9-24-39;1-29(2)30(3,4)33-31(32-29)28-18-10-17-27(21-28)26-16-9-15-25(20-26)24-14-8-13-23(19-24)22-11-6-5-7-12-22;19-17-12-11-16(20-14-7-3-1-4-8-14)13-18(17)21-15-9-5-2-6-10-15/h1-30H;5-21H,1-4H3;1-13H. The summed E-state index contributed by atoms with van der Waals surface area (Å²) in [5, 5.41) is 0. The Balaban J connectivity index is 0.000000141. The predicted molar refractivity (Wildman–Crippen MR) is 407 cm³/mol. The molecular weight excluding hydrogens is 1270 g/mol. The molecule has 1 aliphatic rings. The number of hydrogen-bond acceptors (Lipinski definition) is 6. The third-order valence-electron chi connectivity index (χ3n) is 17.3. The van der Waals surface area contributed by atoms with E-state index in [9.17, 15) is 0 Å². The average Bonchev–Trinajstić information content (AvgIpc) is 1.58. The summed E-state index contributed by atoms with van der Waals surface area (Å²) in [6.45, 7) is 8.35. The zero-order valence-corrected chi connectivity index (χ0v) is 56.6. The third-order valence-corrected chi connectivity index (χ3v) is 18.0. The first-order chi connectivity index (χ1) is 47.9. The minimum absolute atomic E-state index is 0.350. The van der Waals surface area contributed by atoms with Crippen LogP contribution < -0.4 is 24.4 Å². The van der Waals surface area contributed by atoms with Crippen molar-refractivity contribution in [2.45, 2.75) is 38.9 Å². The molecular formula is C90H72BBrO6. The number of benzene rings is 14. The van der Waals surface area contributed by atoms with Gasteiger partial charge in [-0.2, -0.15) is 0 Å². The van der Waals surface area contributed by atoms with Gasteiger partial charge in [-0.1, -0.05) is 249 Å². The first-order valence-corrected chi connectivity index (χ1v) is 33.7. The minimum atomic E-state index is -0.360. The second kappa shape index (κ2) is 30.6. The van der Waals surface area contributed by atoms with E-state index in [4.69, 9.17) is 28.3 Å². The summed E-state index contributed by atoms with van der Waals surface area (Å²) in [5.41, 5.74) is 16.7. The van der Waals surface area contributed by atoms with Gasteiger partial charge in [0.25, 0.3) is 0 Å². The van der Waals surface area contributed by atoms with Crippen molar-refractivity contribution in [2.75, 3.05) is 0 Å². The highest BCUT2D eigenvalue weighted by molar-refractivity contribution is 9.10. The molecule has 98 heavy (non-hydrogen) atoms. The van der Waals surface area contributed by atoms with Gasteiger partial charge < -0.3 is 28.3 Å². The molecule has 1 saturated heterocycles. The molecule has 8 heteroatoms. The molecule has 0 unspecified atom stereocenters. The van der Waals surface area contributed by atoms with Crippen molar-refractivity contribution in [3.63, 3.8) is 0 Å². The van der Waals surface area contributed by atoms with Crippen LogP contribution in [-0.4, -0.2) is 18.3 Å². The van der Waals surface area contributed by atoms with Crippen molar-refractivity contribution in [3.05, 3.63) is 368 Å². The summed E-state index contributed by atoms with van der Waals surface area (Å²) in [7, 11) is -0.360. The van der Waals surface area contributed by atoms with Crippen molar-refractivity contribution < 1.29 is 28.3 Å². The minimum Gasteiger partial charge on any atom is -0.457 e. The Hall–Kier alpha value is -11.3. The van der Waals surface area contributed by atoms with Crippen LogP contribution in [0.4, 0.5) is 0 Å². The molecule has 14 aromatic rings. The number of rotatable bonds is 16. The molecule has 478 valence electrons. The van der Waals surface area contributed by atoms with Crippen molar-refractivity contribution in [2.24, 2.45) is 0 Å². The van der Waals surface area contributed by atoms with Crippen LogP contribution in [0.1, 0.15) is 27.7 Å². The maximum absolute atomic E-state index is 6.43. The molecule has 0 radical (unpaired) electrons. The summed E-state index contributed by atoms with van der Waals surface area (Å²) < 4.78 is 37.7. The highest BCUT2D eigenvalue weighted by Crippen LogP contribution is 2.42. The maximum Gasteiger partial charge on any atom is 0.494 e. The lowest BCUT2D eigenvalue weighted by Crippen LogP contribution is -2.41. The number of halogens is 1. The Morgan fingerprint density at radius 2 is 0.510 bits per heavy atom. The van der Waals surface area contributed by atoms with E-state index in [-0.39, 0.29) is 18.3 Å². The van der Waals surface area contributed by atoms with Crippen LogP contribution in [0.3, 0.4) is 0 Å². The van der Waals surface area contributed by atoms with Crippen LogP contribution in [0.25, 0.3) is 77.9 Å². The molecule has 0 spiro atoms. The van der Waals surface area contributed by atoms with Gasteiger partial charge in [0.05, 0.1) is 15.7 Å². The summed E-state index contributed by atoms with van der Waals surface area (Å²) in [4.78, 5) is 0. The first-order valence-electron chi connectivity index (χ1n) is 32.9. The lowest BCUT2D eigenvalue weighted by molar-refractivity contribution is 0.00578. The third kappa shape index (κ3) is 16.5. The average molecular weight is 1340 g/mol. The van der Waals surface area contributed by atoms with Crippen LogP contribution >= 0.6 is 15.9 Å². The van der Waals surface area contributed by atoms with Crippen molar-refractivity contribution in [1.82, 2.24) is 0 Å². The van der Waals surface area contributed by atoms with E-state index in [0.717, 1.165) is 78.0 Å². The molecule has 0 bridgehead atoms. The number of hydrogen-bond donors (Lipinski definition) is 0. The molecule has 0 aromatic heterocycles. The zero-order valence-electron chi connectivity index (χ0n) is 55.0. The van der Waals surface area contributed by atoms with Crippen LogP contribution in [0, 0.1) is 0 Å². The van der Waals surface area contributed by atoms with E-state index in [1.54, 1.807) is 0 Å². The van der Waals surface area contributed by atoms with Gasteiger partial charge >= 0.3 is 7.12 Å². The van der Waals surface area contributed by atoms with E-state index in [1.165, 1.54) is 50.1 Å². The number of para-hydroxylation sites is 4. The van der Waals surface area contributed by atoms with Crippen LogP contribution in [0.2, 0.25) is 0 Å². The fraction of sp³-hybridized carbons (Fsp3) is 0.0667. The normalized spacial score (nSPS) is 12.6. The van der Waals surface area contributed by atoms with Gasteiger partial charge in [-0.25, -0.2) is 0 Å². The monoisotopic (exact) mass is 1340 g/mol. The van der Waals surface area contributed by atoms with E-state index in [1.807, 2.05) is 152 Å². The van der Waals surface area contributed by atoms with Crippen LogP contribution in [0.15, 0.2) is 368 Å². The molecule has 15 rings (SSSR count). The van der Waals surface area contributed by atoms with Gasteiger partial charge in [0.15, 0.2) is 0 Å². The molecule has 14 aromatic carbocycles. The van der Waals surface area contributed by atoms with Gasteiger partial charge in [-0.15, -0.1) is 0 Å². The highest BCUT2D eigenvalue weighted by atomic mass is 79.9. The largest absolute Gasteiger partial charge is 0.494 e. The topological polar surface area (TPSA) is 55.4 Å². The second-order valence-corrected chi connectivity index (χ2v) is 25.6. The van der Waals surface area contributed by atoms with Gasteiger partial charge in [0, 0.05) is 17.7 Å². The summed E-state index contributed by atoms with van der Waals surface area (Å²) >= 11 is 3.49. The lowest BCUT2D eigenvalue weighted by Gasteiger charge is -2.32. The lowest BCUT2D eigenvalue weighted by atomic mass is 9.78. The number of ether oxygens (including phenoxy) is 4.